The third-order valence-electron chi connectivity index (χ3n) is 6.06. The fraction of sp³-hybridized carbons (Fsp3) is 0.320. The Balaban J connectivity index is 1.75. The van der Waals surface area contributed by atoms with Crippen molar-refractivity contribution in [3.8, 4) is 5.69 Å². The zero-order chi connectivity index (χ0) is 23.5. The van der Waals surface area contributed by atoms with Gasteiger partial charge >= 0.3 is 5.97 Å². The Morgan fingerprint density at radius 2 is 2.03 bits per heavy atom. The summed E-state index contributed by atoms with van der Waals surface area (Å²) in [6.45, 7) is 4.85. The first-order valence-corrected chi connectivity index (χ1v) is 11.7. The number of carbonyl (C=O) groups is 1. The second-order valence-electron chi connectivity index (χ2n) is 8.14. The summed E-state index contributed by atoms with van der Waals surface area (Å²) in [6, 6.07) is 15.8. The summed E-state index contributed by atoms with van der Waals surface area (Å²) in [6.07, 6.45) is 2.79. The number of aryl methyl sites for hydroxylation is 1. The van der Waals surface area contributed by atoms with Crippen LogP contribution >= 0.6 is 23.8 Å². The van der Waals surface area contributed by atoms with Crippen molar-refractivity contribution in [2.24, 2.45) is 0 Å². The molecule has 1 aromatic carbocycles. The summed E-state index contributed by atoms with van der Waals surface area (Å²) in [5.74, 6) is -0.218. The molecule has 2 atom stereocenters. The maximum Gasteiger partial charge on any atom is 0.305 e. The van der Waals surface area contributed by atoms with Gasteiger partial charge in [-0.1, -0.05) is 23.7 Å². The Hall–Kier alpha value is -2.90. The molecule has 2 aromatic heterocycles. The van der Waals surface area contributed by atoms with Crippen molar-refractivity contribution in [1.82, 2.24) is 19.8 Å². The van der Waals surface area contributed by atoms with E-state index in [1.807, 2.05) is 36.4 Å². The molecule has 1 N–H and O–H groups in total. The lowest BCUT2D eigenvalue weighted by Crippen LogP contribution is -2.31. The number of benzene rings is 1. The molecule has 8 heteroatoms. The molecular formula is C25H27ClN4O2S. The Morgan fingerprint density at radius 3 is 2.73 bits per heavy atom. The molecule has 0 amide bonds. The number of carbonyl (C=O) groups excluding carboxylic acids is 1. The second kappa shape index (κ2) is 9.93. The van der Waals surface area contributed by atoms with Crippen molar-refractivity contribution in [1.29, 1.82) is 0 Å². The van der Waals surface area contributed by atoms with E-state index in [0.717, 1.165) is 28.3 Å². The van der Waals surface area contributed by atoms with Crippen LogP contribution in [0.4, 0.5) is 0 Å². The highest BCUT2D eigenvalue weighted by molar-refractivity contribution is 7.80. The number of rotatable bonds is 7. The Labute approximate surface area is 204 Å². The molecule has 0 unspecified atom stereocenters. The van der Waals surface area contributed by atoms with Crippen molar-refractivity contribution in [3.05, 3.63) is 82.4 Å². The van der Waals surface area contributed by atoms with E-state index in [0.29, 0.717) is 29.5 Å². The third kappa shape index (κ3) is 4.75. The van der Waals surface area contributed by atoms with Gasteiger partial charge in [-0.25, -0.2) is 0 Å². The van der Waals surface area contributed by atoms with Crippen molar-refractivity contribution in [2.75, 3.05) is 13.7 Å². The van der Waals surface area contributed by atoms with E-state index in [9.17, 15) is 4.79 Å². The minimum absolute atomic E-state index is 0.0656. The molecule has 1 fully saturated rings. The SMILES string of the molecule is COC(=O)CCCN1C(=S)N[C@@H](c2ccccn2)[C@@H]1c1cc(C)n(-c2cccc(Cl)c2)c1C. The minimum atomic E-state index is -0.218. The number of nitrogens with one attached hydrogen (secondary N) is 1. The van der Waals surface area contributed by atoms with Gasteiger partial charge < -0.3 is 19.5 Å². The van der Waals surface area contributed by atoms with Crippen LogP contribution in [0.2, 0.25) is 5.02 Å². The minimum Gasteiger partial charge on any atom is -0.469 e. The number of hydrogen-bond acceptors (Lipinski definition) is 4. The number of ether oxygens (including phenoxy) is 1. The number of thiocarbonyl (C=S) groups is 1. The monoisotopic (exact) mass is 482 g/mol. The van der Waals surface area contributed by atoms with Gasteiger partial charge in [-0.05, 0) is 74.4 Å². The summed E-state index contributed by atoms with van der Waals surface area (Å²) in [5.41, 5.74) is 5.33. The smallest absolute Gasteiger partial charge is 0.305 e. The quantitative estimate of drug-likeness (QED) is 0.375. The van der Waals surface area contributed by atoms with E-state index < -0.39 is 0 Å². The largest absolute Gasteiger partial charge is 0.469 e. The number of esters is 1. The molecule has 3 heterocycles. The number of methoxy groups -OCH3 is 1. The molecule has 172 valence electrons. The van der Waals surface area contributed by atoms with Gasteiger partial charge in [0.05, 0.1) is 24.9 Å². The predicted octanol–water partition coefficient (Wildman–Crippen LogP) is 5.07. The van der Waals surface area contributed by atoms with Gasteiger partial charge in [-0.3, -0.25) is 9.78 Å². The van der Waals surface area contributed by atoms with Crippen LogP contribution < -0.4 is 5.32 Å². The Kier molecular flexibility index (Phi) is 7.00. The number of nitrogens with zero attached hydrogens (tertiary/aromatic N) is 3. The highest BCUT2D eigenvalue weighted by Crippen LogP contribution is 2.41. The number of halogens is 1. The summed E-state index contributed by atoms with van der Waals surface area (Å²) in [5, 5.41) is 4.83. The van der Waals surface area contributed by atoms with Crippen LogP contribution in [0, 0.1) is 13.8 Å². The van der Waals surface area contributed by atoms with Gasteiger partial charge in [0, 0.05) is 41.3 Å². The zero-order valence-corrected chi connectivity index (χ0v) is 20.5. The second-order valence-corrected chi connectivity index (χ2v) is 8.96. The highest BCUT2D eigenvalue weighted by atomic mass is 35.5. The number of aromatic nitrogens is 2. The van der Waals surface area contributed by atoms with Gasteiger partial charge in [-0.2, -0.15) is 0 Å². The van der Waals surface area contributed by atoms with Gasteiger partial charge in [0.15, 0.2) is 5.11 Å². The van der Waals surface area contributed by atoms with Gasteiger partial charge in [-0.15, -0.1) is 0 Å². The number of pyridine rings is 1. The van der Waals surface area contributed by atoms with Crippen LogP contribution in [0.1, 0.15) is 47.6 Å². The van der Waals surface area contributed by atoms with Crippen LogP contribution in [-0.2, 0) is 9.53 Å². The van der Waals surface area contributed by atoms with E-state index in [-0.39, 0.29) is 18.1 Å². The van der Waals surface area contributed by atoms with Crippen molar-refractivity contribution < 1.29 is 9.53 Å². The average molecular weight is 483 g/mol. The molecule has 1 aliphatic heterocycles. The third-order valence-corrected chi connectivity index (χ3v) is 6.65. The lowest BCUT2D eigenvalue weighted by atomic mass is 9.96. The first kappa shape index (κ1) is 23.3. The molecule has 0 saturated carbocycles. The molecule has 0 radical (unpaired) electrons. The topological polar surface area (TPSA) is 59.4 Å². The van der Waals surface area contributed by atoms with E-state index >= 15 is 0 Å². The molecule has 3 aromatic rings. The fourth-order valence-corrected chi connectivity index (χ4v) is 5.10. The van der Waals surface area contributed by atoms with Crippen LogP contribution in [0.25, 0.3) is 5.69 Å². The first-order chi connectivity index (χ1) is 15.9. The van der Waals surface area contributed by atoms with E-state index in [4.69, 9.17) is 28.6 Å². The summed E-state index contributed by atoms with van der Waals surface area (Å²) < 4.78 is 7.02. The van der Waals surface area contributed by atoms with Crippen molar-refractivity contribution in [2.45, 2.75) is 38.8 Å². The molecular weight excluding hydrogens is 456 g/mol. The van der Waals surface area contributed by atoms with Crippen LogP contribution in [0.5, 0.6) is 0 Å². The summed E-state index contributed by atoms with van der Waals surface area (Å²) in [4.78, 5) is 18.5. The van der Waals surface area contributed by atoms with E-state index in [1.54, 1.807) is 6.20 Å². The zero-order valence-electron chi connectivity index (χ0n) is 18.9. The Bertz CT molecular complexity index is 1160. The van der Waals surface area contributed by atoms with Gasteiger partial charge in [0.25, 0.3) is 0 Å². The molecule has 0 spiro atoms. The molecule has 0 bridgehead atoms. The summed E-state index contributed by atoms with van der Waals surface area (Å²) >= 11 is 12.0. The van der Waals surface area contributed by atoms with Crippen LogP contribution in [-0.4, -0.2) is 39.2 Å². The molecule has 1 saturated heterocycles. The van der Waals surface area contributed by atoms with Gasteiger partial charge in [0.1, 0.15) is 0 Å². The lowest BCUT2D eigenvalue weighted by Gasteiger charge is -2.28. The maximum absolute atomic E-state index is 11.7. The standard InChI is InChI=1S/C25H27ClN4O2S/c1-16-14-20(17(2)30(16)19-9-6-8-18(26)15-19)24-23(21-10-4-5-12-27-21)28-25(33)29(24)13-7-11-22(31)32-3/h4-6,8-10,12,14-15,23-24H,7,11,13H2,1-3H3,(H,28,33)/t23-,24-/m0/s1. The lowest BCUT2D eigenvalue weighted by molar-refractivity contribution is -0.140. The van der Waals surface area contributed by atoms with E-state index in [1.165, 1.54) is 7.11 Å². The highest BCUT2D eigenvalue weighted by Gasteiger charge is 2.41. The summed E-state index contributed by atoms with van der Waals surface area (Å²) in [7, 11) is 1.41. The molecule has 6 nitrogen and oxygen atoms in total. The molecule has 33 heavy (non-hydrogen) atoms. The number of hydrogen-bond donors (Lipinski definition) is 1. The predicted molar refractivity (Wildman–Crippen MR) is 134 cm³/mol. The average Bonchev–Trinajstić information content (AvgIpc) is 3.29. The first-order valence-electron chi connectivity index (χ1n) is 10.9. The van der Waals surface area contributed by atoms with Gasteiger partial charge in [0.2, 0.25) is 0 Å². The van der Waals surface area contributed by atoms with E-state index in [2.05, 4.69) is 45.7 Å². The van der Waals surface area contributed by atoms with Crippen LogP contribution in [0.3, 0.4) is 0 Å². The molecule has 0 aliphatic carbocycles. The van der Waals surface area contributed by atoms with Crippen molar-refractivity contribution in [3.63, 3.8) is 0 Å². The normalized spacial score (nSPS) is 17.8. The fourth-order valence-electron chi connectivity index (χ4n) is 4.58. The van der Waals surface area contributed by atoms with Crippen molar-refractivity contribution >= 4 is 34.9 Å². The Morgan fingerprint density at radius 1 is 1.21 bits per heavy atom. The van der Waals surface area contributed by atoms with Crippen LogP contribution in [0.15, 0.2) is 54.7 Å². The molecule has 1 aliphatic rings. The molecule has 4 rings (SSSR count). The maximum atomic E-state index is 11.7.